The smallest absolute Gasteiger partial charge is 0.239 e. The molecule has 12 heavy (non-hydrogen) atoms. The van der Waals surface area contributed by atoms with Gasteiger partial charge < -0.3 is 16.2 Å². The molecule has 0 aliphatic heterocycles. The number of carbonyl (C=O) groups is 1. The van der Waals surface area contributed by atoms with Gasteiger partial charge in [0.15, 0.2) is 0 Å². The number of aliphatic hydroxyl groups excluding tert-OH is 1. The van der Waals surface area contributed by atoms with Crippen LogP contribution in [0.4, 0.5) is 0 Å². The fourth-order valence-electron chi connectivity index (χ4n) is 0.509. The van der Waals surface area contributed by atoms with Crippen LogP contribution in [0.3, 0.4) is 0 Å². The number of rotatable bonds is 4. The molecule has 0 aromatic rings. The number of hydrogen-bond donors (Lipinski definition) is 3. The molecule has 0 rings (SSSR count). The molecule has 0 unspecified atom stereocenters. The third kappa shape index (κ3) is 6.39. The highest BCUT2D eigenvalue weighted by Crippen LogP contribution is 1.94. The summed E-state index contributed by atoms with van der Waals surface area (Å²) in [7, 11) is 0. The third-order valence-electron chi connectivity index (χ3n) is 1.21. The lowest BCUT2D eigenvalue weighted by atomic mass is 10.1. The number of halogens is 1. The van der Waals surface area contributed by atoms with Gasteiger partial charge in [-0.3, -0.25) is 4.79 Å². The SMILES string of the molecule is CC(C)(N)C(=O)NCCCO.Cl. The quantitative estimate of drug-likeness (QED) is 0.538. The normalized spacial score (nSPS) is 10.3. The average molecular weight is 197 g/mol. The molecular formula is C7H17ClN2O2. The molecule has 0 saturated carbocycles. The summed E-state index contributed by atoms with van der Waals surface area (Å²) in [5, 5.41) is 11.0. The zero-order valence-electron chi connectivity index (χ0n) is 7.46. The average Bonchev–Trinajstić information content (AvgIpc) is 1.86. The zero-order chi connectivity index (χ0) is 8.91. The fourth-order valence-corrected chi connectivity index (χ4v) is 0.509. The standard InChI is InChI=1S/C7H16N2O2.ClH/c1-7(2,8)6(11)9-4-3-5-10;/h10H,3-5,8H2,1-2H3,(H,9,11);1H. The van der Waals surface area contributed by atoms with Gasteiger partial charge in [-0.25, -0.2) is 0 Å². The van der Waals surface area contributed by atoms with Crippen molar-refractivity contribution >= 4 is 18.3 Å². The van der Waals surface area contributed by atoms with E-state index in [1.54, 1.807) is 13.8 Å². The Labute approximate surface area is 78.9 Å². The van der Waals surface area contributed by atoms with Crippen LogP contribution in [0.15, 0.2) is 0 Å². The first-order chi connectivity index (χ1) is 4.98. The van der Waals surface area contributed by atoms with Crippen LogP contribution in [0.1, 0.15) is 20.3 Å². The van der Waals surface area contributed by atoms with Crippen LogP contribution in [0.5, 0.6) is 0 Å². The number of carbonyl (C=O) groups excluding carboxylic acids is 1. The summed E-state index contributed by atoms with van der Waals surface area (Å²) in [5.41, 5.74) is 4.66. The predicted molar refractivity (Wildman–Crippen MR) is 50.2 cm³/mol. The topological polar surface area (TPSA) is 75.4 Å². The largest absolute Gasteiger partial charge is 0.396 e. The van der Waals surface area contributed by atoms with E-state index in [0.29, 0.717) is 13.0 Å². The molecule has 0 aliphatic rings. The molecule has 5 heteroatoms. The van der Waals surface area contributed by atoms with Crippen molar-refractivity contribution in [2.45, 2.75) is 25.8 Å². The van der Waals surface area contributed by atoms with Crippen LogP contribution >= 0.6 is 12.4 Å². The minimum absolute atomic E-state index is 0. The van der Waals surface area contributed by atoms with Crippen LogP contribution in [0.25, 0.3) is 0 Å². The van der Waals surface area contributed by atoms with Crippen LogP contribution < -0.4 is 11.1 Å². The summed E-state index contributed by atoms with van der Waals surface area (Å²) in [6.07, 6.45) is 0.571. The number of nitrogens with two attached hydrogens (primary N) is 1. The van der Waals surface area contributed by atoms with E-state index >= 15 is 0 Å². The molecule has 0 saturated heterocycles. The summed E-state index contributed by atoms with van der Waals surface area (Å²) in [6, 6.07) is 0. The van der Waals surface area contributed by atoms with Gasteiger partial charge in [0, 0.05) is 13.2 Å². The van der Waals surface area contributed by atoms with Crippen molar-refractivity contribution in [1.29, 1.82) is 0 Å². The molecule has 4 N–H and O–H groups in total. The lowest BCUT2D eigenvalue weighted by Crippen LogP contribution is -2.49. The molecule has 0 aliphatic carbocycles. The van der Waals surface area contributed by atoms with Gasteiger partial charge in [0.05, 0.1) is 5.54 Å². The molecule has 0 spiro atoms. The Morgan fingerprint density at radius 2 is 2.08 bits per heavy atom. The van der Waals surface area contributed by atoms with E-state index in [2.05, 4.69) is 5.32 Å². The minimum Gasteiger partial charge on any atom is -0.396 e. The monoisotopic (exact) mass is 196 g/mol. The van der Waals surface area contributed by atoms with Crippen LogP contribution in [-0.4, -0.2) is 29.7 Å². The molecule has 4 nitrogen and oxygen atoms in total. The van der Waals surface area contributed by atoms with Crippen LogP contribution in [0.2, 0.25) is 0 Å². The zero-order valence-corrected chi connectivity index (χ0v) is 8.28. The first kappa shape index (κ1) is 14.2. The Hall–Kier alpha value is -0.320. The summed E-state index contributed by atoms with van der Waals surface area (Å²) >= 11 is 0. The third-order valence-corrected chi connectivity index (χ3v) is 1.21. The van der Waals surface area contributed by atoms with E-state index in [-0.39, 0.29) is 24.9 Å². The van der Waals surface area contributed by atoms with Gasteiger partial charge in [0.25, 0.3) is 0 Å². The lowest BCUT2D eigenvalue weighted by molar-refractivity contribution is -0.125. The Morgan fingerprint density at radius 3 is 2.42 bits per heavy atom. The van der Waals surface area contributed by atoms with E-state index in [1.165, 1.54) is 0 Å². The van der Waals surface area contributed by atoms with Crippen molar-refractivity contribution in [2.24, 2.45) is 5.73 Å². The van der Waals surface area contributed by atoms with Gasteiger partial charge in [-0.1, -0.05) is 0 Å². The molecule has 1 amide bonds. The second-order valence-electron chi connectivity index (χ2n) is 3.05. The number of nitrogens with one attached hydrogen (secondary N) is 1. The first-order valence-electron chi connectivity index (χ1n) is 3.66. The maximum Gasteiger partial charge on any atom is 0.239 e. The molecule has 0 heterocycles. The molecule has 0 atom stereocenters. The highest BCUT2D eigenvalue weighted by Gasteiger charge is 2.20. The second-order valence-corrected chi connectivity index (χ2v) is 3.05. The Morgan fingerprint density at radius 1 is 1.58 bits per heavy atom. The molecule has 0 fully saturated rings. The number of amides is 1. The van der Waals surface area contributed by atoms with Crippen LogP contribution in [0, 0.1) is 0 Å². The molecule has 0 radical (unpaired) electrons. The first-order valence-corrected chi connectivity index (χ1v) is 3.66. The highest BCUT2D eigenvalue weighted by atomic mass is 35.5. The van der Waals surface area contributed by atoms with Gasteiger partial charge in [-0.15, -0.1) is 12.4 Å². The van der Waals surface area contributed by atoms with Crippen molar-refractivity contribution in [1.82, 2.24) is 5.32 Å². The number of aliphatic hydroxyl groups is 1. The summed E-state index contributed by atoms with van der Waals surface area (Å²) in [4.78, 5) is 11.0. The van der Waals surface area contributed by atoms with Gasteiger partial charge in [0.1, 0.15) is 0 Å². The Bertz CT molecular complexity index is 134. The molecule has 0 aromatic carbocycles. The molecule has 0 aromatic heterocycles. The summed E-state index contributed by atoms with van der Waals surface area (Å²) in [5.74, 6) is -0.189. The van der Waals surface area contributed by atoms with Crippen molar-refractivity contribution in [3.63, 3.8) is 0 Å². The predicted octanol–water partition coefficient (Wildman–Crippen LogP) is -0.356. The van der Waals surface area contributed by atoms with E-state index in [4.69, 9.17) is 10.8 Å². The Balaban J connectivity index is 0. The Kier molecular flexibility index (Phi) is 7.37. The van der Waals surface area contributed by atoms with Crippen molar-refractivity contribution < 1.29 is 9.90 Å². The van der Waals surface area contributed by atoms with Gasteiger partial charge in [-0.05, 0) is 20.3 Å². The maximum atomic E-state index is 11.0. The van der Waals surface area contributed by atoms with Gasteiger partial charge in [-0.2, -0.15) is 0 Å². The fraction of sp³-hybridized carbons (Fsp3) is 0.857. The molecule has 74 valence electrons. The van der Waals surface area contributed by atoms with Crippen molar-refractivity contribution in [3.8, 4) is 0 Å². The van der Waals surface area contributed by atoms with E-state index in [1.807, 2.05) is 0 Å². The van der Waals surface area contributed by atoms with Crippen LogP contribution in [-0.2, 0) is 4.79 Å². The van der Waals surface area contributed by atoms with Crippen molar-refractivity contribution in [3.05, 3.63) is 0 Å². The van der Waals surface area contributed by atoms with E-state index < -0.39 is 5.54 Å². The van der Waals surface area contributed by atoms with Crippen molar-refractivity contribution in [2.75, 3.05) is 13.2 Å². The van der Waals surface area contributed by atoms with E-state index in [0.717, 1.165) is 0 Å². The van der Waals surface area contributed by atoms with Gasteiger partial charge >= 0.3 is 0 Å². The maximum absolute atomic E-state index is 11.0. The molecular weight excluding hydrogens is 180 g/mol. The lowest BCUT2D eigenvalue weighted by Gasteiger charge is -2.17. The van der Waals surface area contributed by atoms with Gasteiger partial charge in [0.2, 0.25) is 5.91 Å². The minimum atomic E-state index is -0.824. The number of hydrogen-bond acceptors (Lipinski definition) is 3. The molecule has 0 bridgehead atoms. The van der Waals surface area contributed by atoms with E-state index in [9.17, 15) is 4.79 Å². The second kappa shape index (κ2) is 6.22. The summed E-state index contributed by atoms with van der Waals surface area (Å²) < 4.78 is 0. The summed E-state index contributed by atoms with van der Waals surface area (Å²) in [6.45, 7) is 3.85. The highest BCUT2D eigenvalue weighted by molar-refractivity contribution is 5.85.